The fraction of sp³-hybridized carbons (Fsp3) is 0.269. The maximum Gasteiger partial charge on any atom is 0.435 e. The van der Waals surface area contributed by atoms with Crippen LogP contribution >= 0.6 is 0 Å². The molecule has 37 heavy (non-hydrogen) atoms. The van der Waals surface area contributed by atoms with Gasteiger partial charge in [0.05, 0.1) is 26.9 Å². The highest BCUT2D eigenvalue weighted by Gasteiger charge is 2.43. The molecule has 3 heterocycles. The molecule has 2 aromatic heterocycles. The minimum atomic E-state index is -4.68. The molecule has 0 aliphatic carbocycles. The van der Waals surface area contributed by atoms with Crippen LogP contribution in [0.1, 0.15) is 27.6 Å². The van der Waals surface area contributed by atoms with Gasteiger partial charge in [0.25, 0.3) is 5.91 Å². The molecular weight excluding hydrogens is 485 g/mol. The molecule has 4 aromatic rings. The molecule has 1 amide bonds. The monoisotopic (exact) mass is 511 g/mol. The van der Waals surface area contributed by atoms with Crippen molar-refractivity contribution in [2.75, 3.05) is 32.6 Å². The molecule has 192 valence electrons. The first-order valence-corrected chi connectivity index (χ1v) is 11.7. The Kier molecular flexibility index (Phi) is 6.24. The molecule has 0 atom stereocenters. The number of fused-ring (bicyclic) bond motifs is 1. The van der Waals surface area contributed by atoms with Gasteiger partial charge in [-0.2, -0.15) is 18.3 Å². The summed E-state index contributed by atoms with van der Waals surface area (Å²) in [6.07, 6.45) is -1.04. The zero-order chi connectivity index (χ0) is 26.3. The van der Waals surface area contributed by atoms with Crippen LogP contribution in [0.15, 0.2) is 60.9 Å². The number of hydrogen-bond acceptors (Lipinski definition) is 4. The Morgan fingerprint density at radius 1 is 1.00 bits per heavy atom. The lowest BCUT2D eigenvalue weighted by molar-refractivity contribution is -0.873. The van der Waals surface area contributed by atoms with E-state index >= 15 is 0 Å². The van der Waals surface area contributed by atoms with E-state index in [1.54, 1.807) is 42.6 Å². The van der Waals surface area contributed by atoms with Crippen molar-refractivity contribution in [2.24, 2.45) is 0 Å². The SMILES string of the molecule is COc1ccc(-n2nc(C(F)(F)F)c3c2C(=O)N(c2ccc(-n4ccnc4C[NH+](C)C)cc2)CC3)cc1. The summed E-state index contributed by atoms with van der Waals surface area (Å²) in [4.78, 5) is 20.8. The summed E-state index contributed by atoms with van der Waals surface area (Å²) in [5, 5.41) is 3.84. The summed E-state index contributed by atoms with van der Waals surface area (Å²) < 4.78 is 49.7. The van der Waals surface area contributed by atoms with Crippen molar-refractivity contribution in [1.29, 1.82) is 0 Å². The van der Waals surface area contributed by atoms with Gasteiger partial charge in [0.1, 0.15) is 18.0 Å². The van der Waals surface area contributed by atoms with E-state index in [1.807, 2.05) is 37.0 Å². The number of amides is 1. The fourth-order valence-corrected chi connectivity index (χ4v) is 4.55. The molecule has 1 N–H and O–H groups in total. The summed E-state index contributed by atoms with van der Waals surface area (Å²) in [5.41, 5.74) is 0.612. The number of hydrogen-bond donors (Lipinski definition) is 1. The molecule has 1 aliphatic heterocycles. The zero-order valence-corrected chi connectivity index (χ0v) is 20.6. The van der Waals surface area contributed by atoms with E-state index in [0.29, 0.717) is 17.1 Å². The van der Waals surface area contributed by atoms with Gasteiger partial charge in [0.2, 0.25) is 0 Å². The Labute approximate surface area is 211 Å². The molecule has 0 saturated carbocycles. The van der Waals surface area contributed by atoms with E-state index in [0.717, 1.165) is 22.7 Å². The second-order valence-electron chi connectivity index (χ2n) is 9.10. The highest BCUT2D eigenvalue weighted by Crippen LogP contribution is 2.37. The largest absolute Gasteiger partial charge is 0.497 e. The highest BCUT2D eigenvalue weighted by molar-refractivity contribution is 6.07. The number of anilines is 1. The third-order valence-electron chi connectivity index (χ3n) is 6.27. The molecule has 0 saturated heterocycles. The standard InChI is InChI=1S/C26H25F3N6O2/c1-32(2)16-22-30-13-15-33(22)17-4-6-18(7-5-17)34-14-12-21-23(25(34)36)35(31-24(21)26(27,28)29)19-8-10-20(37-3)11-9-19/h4-11,13,15H,12,14,16H2,1-3H3/p+1. The number of imidazole rings is 1. The van der Waals surface area contributed by atoms with Gasteiger partial charge in [-0.05, 0) is 55.0 Å². The Balaban J connectivity index is 1.50. The minimum absolute atomic E-state index is 0.0328. The number of rotatable bonds is 6. The molecule has 0 unspecified atom stereocenters. The molecule has 1 aliphatic rings. The number of alkyl halides is 3. The number of carbonyl (C=O) groups is 1. The predicted octanol–water partition coefficient (Wildman–Crippen LogP) is 2.93. The number of aromatic nitrogens is 4. The number of carbonyl (C=O) groups excluding carboxylic acids is 1. The topological polar surface area (TPSA) is 69.6 Å². The van der Waals surface area contributed by atoms with Crippen molar-refractivity contribution in [1.82, 2.24) is 19.3 Å². The van der Waals surface area contributed by atoms with Crippen LogP contribution in [0, 0.1) is 0 Å². The predicted molar refractivity (Wildman–Crippen MR) is 131 cm³/mol. The first-order valence-electron chi connectivity index (χ1n) is 11.7. The average molecular weight is 512 g/mol. The average Bonchev–Trinajstić information content (AvgIpc) is 3.49. The van der Waals surface area contributed by atoms with Crippen LogP contribution in [-0.4, -0.2) is 53.0 Å². The van der Waals surface area contributed by atoms with Crippen LogP contribution in [-0.2, 0) is 19.1 Å². The molecule has 0 fully saturated rings. The minimum Gasteiger partial charge on any atom is -0.497 e. The van der Waals surface area contributed by atoms with Crippen molar-refractivity contribution in [3.8, 4) is 17.1 Å². The van der Waals surface area contributed by atoms with E-state index in [2.05, 4.69) is 10.1 Å². The number of methoxy groups -OCH3 is 1. The Bertz CT molecular complexity index is 1420. The second-order valence-corrected chi connectivity index (χ2v) is 9.10. The normalized spacial score (nSPS) is 13.8. The van der Waals surface area contributed by atoms with E-state index in [1.165, 1.54) is 16.9 Å². The number of nitrogens with zero attached hydrogens (tertiary/aromatic N) is 5. The van der Waals surface area contributed by atoms with E-state index in [9.17, 15) is 18.0 Å². The van der Waals surface area contributed by atoms with Crippen molar-refractivity contribution in [2.45, 2.75) is 19.1 Å². The van der Waals surface area contributed by atoms with Crippen molar-refractivity contribution >= 4 is 11.6 Å². The molecule has 0 bridgehead atoms. The van der Waals surface area contributed by atoms with Gasteiger partial charge >= 0.3 is 6.18 Å². The number of benzene rings is 2. The lowest BCUT2D eigenvalue weighted by Gasteiger charge is -2.28. The number of ether oxygens (including phenoxy) is 1. The van der Waals surface area contributed by atoms with Gasteiger partial charge in [0, 0.05) is 35.9 Å². The van der Waals surface area contributed by atoms with Crippen molar-refractivity contribution < 1.29 is 27.6 Å². The van der Waals surface area contributed by atoms with Gasteiger partial charge in [-0.25, -0.2) is 9.67 Å². The van der Waals surface area contributed by atoms with Crippen LogP contribution in [0.4, 0.5) is 18.9 Å². The summed E-state index contributed by atoms with van der Waals surface area (Å²) in [6, 6.07) is 13.7. The van der Waals surface area contributed by atoms with Crippen LogP contribution in [0.25, 0.3) is 11.4 Å². The Hall–Kier alpha value is -4.12. The van der Waals surface area contributed by atoms with Gasteiger partial charge in [0.15, 0.2) is 11.5 Å². The fourth-order valence-electron chi connectivity index (χ4n) is 4.55. The maximum atomic E-state index is 13.8. The number of quaternary nitrogens is 1. The van der Waals surface area contributed by atoms with Gasteiger partial charge in [-0.15, -0.1) is 0 Å². The molecule has 0 spiro atoms. The molecular formula is C26H26F3N6O2+. The summed E-state index contributed by atoms with van der Waals surface area (Å²) >= 11 is 0. The van der Waals surface area contributed by atoms with Gasteiger partial charge in [-0.1, -0.05) is 0 Å². The third-order valence-corrected chi connectivity index (χ3v) is 6.27. The quantitative estimate of drug-likeness (QED) is 0.432. The van der Waals surface area contributed by atoms with Crippen LogP contribution in [0.2, 0.25) is 0 Å². The van der Waals surface area contributed by atoms with Crippen LogP contribution < -0.4 is 14.5 Å². The zero-order valence-electron chi connectivity index (χ0n) is 20.6. The van der Waals surface area contributed by atoms with Crippen molar-refractivity contribution in [3.05, 3.63) is 83.7 Å². The summed E-state index contributed by atoms with van der Waals surface area (Å²) in [7, 11) is 5.58. The van der Waals surface area contributed by atoms with E-state index in [4.69, 9.17) is 4.74 Å². The van der Waals surface area contributed by atoms with Gasteiger partial charge < -0.3 is 14.5 Å². The van der Waals surface area contributed by atoms with Gasteiger partial charge in [-0.3, -0.25) is 9.36 Å². The third kappa shape index (κ3) is 4.57. The molecule has 2 aromatic carbocycles. The summed E-state index contributed by atoms with van der Waals surface area (Å²) in [6.45, 7) is 0.849. The van der Waals surface area contributed by atoms with Crippen LogP contribution in [0.5, 0.6) is 5.75 Å². The second kappa shape index (κ2) is 9.40. The first kappa shape index (κ1) is 24.6. The molecule has 0 radical (unpaired) electrons. The molecule has 8 nitrogen and oxygen atoms in total. The van der Waals surface area contributed by atoms with Crippen LogP contribution in [0.3, 0.4) is 0 Å². The van der Waals surface area contributed by atoms with E-state index in [-0.39, 0.29) is 24.2 Å². The van der Waals surface area contributed by atoms with E-state index < -0.39 is 17.8 Å². The van der Waals surface area contributed by atoms with Crippen molar-refractivity contribution in [3.63, 3.8) is 0 Å². The number of nitrogens with one attached hydrogen (secondary N) is 1. The lowest BCUT2D eigenvalue weighted by atomic mass is 10.0. The lowest BCUT2D eigenvalue weighted by Crippen LogP contribution is -3.04. The maximum absolute atomic E-state index is 13.8. The Morgan fingerprint density at radius 3 is 2.27 bits per heavy atom. The first-order chi connectivity index (χ1) is 17.7. The number of halogens is 3. The molecule has 5 rings (SSSR count). The molecule has 11 heteroatoms. The highest BCUT2D eigenvalue weighted by atomic mass is 19.4. The smallest absolute Gasteiger partial charge is 0.435 e. The Morgan fingerprint density at radius 2 is 1.65 bits per heavy atom. The summed E-state index contributed by atoms with van der Waals surface area (Å²) in [5.74, 6) is 0.906.